The molecule has 13 heavy (non-hydrogen) atoms. The summed E-state index contributed by atoms with van der Waals surface area (Å²) in [5, 5.41) is 0.387. The third kappa shape index (κ3) is 1.30. The molecule has 3 nitrogen and oxygen atoms in total. The van der Waals surface area contributed by atoms with Gasteiger partial charge in [0.15, 0.2) is 17.8 Å². The molecule has 0 radical (unpaired) electrons. The van der Waals surface area contributed by atoms with E-state index >= 15 is 0 Å². The number of benzene rings is 1. The molecule has 0 amide bonds. The minimum absolute atomic E-state index is 0.135. The summed E-state index contributed by atoms with van der Waals surface area (Å²) in [5.41, 5.74) is 0.453. The lowest BCUT2D eigenvalue weighted by Gasteiger charge is -2.03. The maximum Gasteiger partial charge on any atom is 0.231 e. The van der Waals surface area contributed by atoms with Gasteiger partial charge < -0.3 is 9.47 Å². The van der Waals surface area contributed by atoms with Crippen molar-refractivity contribution in [2.45, 2.75) is 0 Å². The van der Waals surface area contributed by atoms with Gasteiger partial charge in [-0.05, 0) is 22.0 Å². The molecule has 1 aromatic rings. The van der Waals surface area contributed by atoms with E-state index in [0.29, 0.717) is 32.8 Å². The summed E-state index contributed by atoms with van der Waals surface area (Å²) in [6.07, 6.45) is 0.706. The maximum atomic E-state index is 10.6. The number of halogens is 2. The highest BCUT2D eigenvalue weighted by atomic mass is 79.9. The topological polar surface area (TPSA) is 35.5 Å². The number of aldehydes is 1. The molecule has 68 valence electrons. The van der Waals surface area contributed by atoms with Crippen LogP contribution in [0.3, 0.4) is 0 Å². The monoisotopic (exact) mass is 262 g/mol. The van der Waals surface area contributed by atoms with Crippen LogP contribution in [0.2, 0.25) is 5.02 Å². The van der Waals surface area contributed by atoms with E-state index in [4.69, 9.17) is 21.1 Å². The Morgan fingerprint density at radius 1 is 1.46 bits per heavy atom. The second-order valence-corrected chi connectivity index (χ2v) is 3.64. The molecule has 0 aromatic heterocycles. The van der Waals surface area contributed by atoms with Crippen molar-refractivity contribution in [3.63, 3.8) is 0 Å². The van der Waals surface area contributed by atoms with Gasteiger partial charge in [-0.3, -0.25) is 4.79 Å². The van der Waals surface area contributed by atoms with Crippen LogP contribution in [0.25, 0.3) is 0 Å². The van der Waals surface area contributed by atoms with E-state index in [1.807, 2.05) is 0 Å². The fourth-order valence-corrected chi connectivity index (χ4v) is 1.86. The lowest BCUT2D eigenvalue weighted by molar-refractivity contribution is 0.112. The third-order valence-electron chi connectivity index (χ3n) is 1.69. The number of carbonyl (C=O) groups excluding carboxylic acids is 1. The van der Waals surface area contributed by atoms with Crippen molar-refractivity contribution >= 4 is 33.8 Å². The molecule has 0 bridgehead atoms. The Morgan fingerprint density at radius 3 is 2.85 bits per heavy atom. The minimum Gasteiger partial charge on any atom is -0.452 e. The van der Waals surface area contributed by atoms with Gasteiger partial charge in [0.1, 0.15) is 0 Å². The van der Waals surface area contributed by atoms with Gasteiger partial charge in [-0.15, -0.1) is 0 Å². The molecule has 0 saturated carbocycles. The van der Waals surface area contributed by atoms with E-state index in [-0.39, 0.29) is 6.79 Å². The first-order valence-corrected chi connectivity index (χ1v) is 4.64. The van der Waals surface area contributed by atoms with Gasteiger partial charge in [-0.1, -0.05) is 11.6 Å². The predicted molar refractivity (Wildman–Crippen MR) is 50.7 cm³/mol. The predicted octanol–water partition coefficient (Wildman–Crippen LogP) is 2.64. The molecular weight excluding hydrogens is 259 g/mol. The van der Waals surface area contributed by atoms with Crippen molar-refractivity contribution in [2.75, 3.05) is 6.79 Å². The number of hydrogen-bond donors (Lipinski definition) is 0. The summed E-state index contributed by atoms with van der Waals surface area (Å²) < 4.78 is 10.8. The van der Waals surface area contributed by atoms with Crippen LogP contribution in [0.1, 0.15) is 10.4 Å². The number of ether oxygens (including phenoxy) is 2. The van der Waals surface area contributed by atoms with E-state index in [2.05, 4.69) is 15.9 Å². The van der Waals surface area contributed by atoms with Crippen LogP contribution in [-0.4, -0.2) is 13.1 Å². The largest absolute Gasteiger partial charge is 0.452 e. The molecule has 0 N–H and O–H groups in total. The average Bonchev–Trinajstić information content (AvgIpc) is 2.60. The molecule has 0 fully saturated rings. The summed E-state index contributed by atoms with van der Waals surface area (Å²) in [6, 6.07) is 1.53. The van der Waals surface area contributed by atoms with Gasteiger partial charge in [-0.25, -0.2) is 0 Å². The van der Waals surface area contributed by atoms with E-state index < -0.39 is 0 Å². The van der Waals surface area contributed by atoms with Crippen LogP contribution in [0.4, 0.5) is 0 Å². The van der Waals surface area contributed by atoms with Crippen molar-refractivity contribution in [1.29, 1.82) is 0 Å². The third-order valence-corrected chi connectivity index (χ3v) is 2.79. The summed E-state index contributed by atoms with van der Waals surface area (Å²) in [6.45, 7) is 0.135. The quantitative estimate of drug-likeness (QED) is 0.731. The highest BCUT2D eigenvalue weighted by molar-refractivity contribution is 9.10. The molecule has 5 heteroatoms. The molecule has 0 saturated heterocycles. The van der Waals surface area contributed by atoms with Crippen molar-refractivity contribution in [3.05, 3.63) is 21.1 Å². The zero-order valence-electron chi connectivity index (χ0n) is 6.34. The number of rotatable bonds is 1. The van der Waals surface area contributed by atoms with E-state index in [0.717, 1.165) is 0 Å². The zero-order chi connectivity index (χ0) is 9.42. The minimum atomic E-state index is 0.135. The fraction of sp³-hybridized carbons (Fsp3) is 0.125. The summed E-state index contributed by atoms with van der Waals surface area (Å²) in [5.74, 6) is 0.980. The Balaban J connectivity index is 2.69. The second kappa shape index (κ2) is 3.20. The SMILES string of the molecule is O=Cc1cc(Cl)c2c(c1Br)OCO2. The Kier molecular flexibility index (Phi) is 2.17. The molecule has 0 atom stereocenters. The molecule has 0 unspecified atom stereocenters. The number of hydrogen-bond acceptors (Lipinski definition) is 3. The first-order chi connectivity index (χ1) is 6.24. The van der Waals surface area contributed by atoms with Crippen molar-refractivity contribution < 1.29 is 14.3 Å². The van der Waals surface area contributed by atoms with Crippen LogP contribution in [-0.2, 0) is 0 Å². The molecular formula is C8H4BrClO3. The van der Waals surface area contributed by atoms with Crippen LogP contribution < -0.4 is 9.47 Å². The van der Waals surface area contributed by atoms with Gasteiger partial charge in [-0.2, -0.15) is 0 Å². The molecule has 0 aliphatic carbocycles. The van der Waals surface area contributed by atoms with Crippen LogP contribution >= 0.6 is 27.5 Å². The molecule has 1 aliphatic heterocycles. The Labute approximate surface area is 87.7 Å². The Morgan fingerprint density at radius 2 is 2.15 bits per heavy atom. The first kappa shape index (κ1) is 8.84. The number of fused-ring (bicyclic) bond motifs is 1. The van der Waals surface area contributed by atoms with Gasteiger partial charge >= 0.3 is 0 Å². The van der Waals surface area contributed by atoms with Crippen LogP contribution in [0, 0.1) is 0 Å². The molecule has 1 heterocycles. The van der Waals surface area contributed by atoms with Gasteiger partial charge in [0.05, 0.1) is 9.50 Å². The lowest BCUT2D eigenvalue weighted by Crippen LogP contribution is -1.93. The van der Waals surface area contributed by atoms with Crippen LogP contribution in [0.15, 0.2) is 10.5 Å². The average molecular weight is 263 g/mol. The second-order valence-electron chi connectivity index (χ2n) is 2.44. The summed E-state index contributed by atoms with van der Waals surface area (Å²) in [4.78, 5) is 10.6. The Hall–Kier alpha value is -0.740. The van der Waals surface area contributed by atoms with Gasteiger partial charge in [0.2, 0.25) is 6.79 Å². The molecule has 0 spiro atoms. The molecule has 1 aliphatic rings. The normalized spacial score (nSPS) is 13.1. The lowest BCUT2D eigenvalue weighted by atomic mass is 10.2. The van der Waals surface area contributed by atoms with Gasteiger partial charge in [0, 0.05) is 5.56 Å². The maximum absolute atomic E-state index is 10.6. The van der Waals surface area contributed by atoms with Crippen molar-refractivity contribution in [2.24, 2.45) is 0 Å². The summed E-state index contributed by atoms with van der Waals surface area (Å²) in [7, 11) is 0. The highest BCUT2D eigenvalue weighted by Crippen LogP contribution is 2.45. The molecule has 1 aromatic carbocycles. The standard InChI is InChI=1S/C8H4BrClO3/c9-6-4(2-11)1-5(10)7-8(6)13-3-12-7/h1-2H,3H2. The zero-order valence-corrected chi connectivity index (χ0v) is 8.68. The van der Waals surface area contributed by atoms with Gasteiger partial charge in [0.25, 0.3) is 0 Å². The number of carbonyl (C=O) groups is 1. The highest BCUT2D eigenvalue weighted by Gasteiger charge is 2.22. The van der Waals surface area contributed by atoms with Crippen LogP contribution in [0.5, 0.6) is 11.5 Å². The first-order valence-electron chi connectivity index (χ1n) is 3.47. The van der Waals surface area contributed by atoms with E-state index in [1.54, 1.807) is 0 Å². The fourth-order valence-electron chi connectivity index (χ4n) is 1.10. The van der Waals surface area contributed by atoms with Crippen molar-refractivity contribution in [3.8, 4) is 11.5 Å². The molecule has 2 rings (SSSR count). The Bertz CT molecular complexity index is 378. The summed E-state index contributed by atoms with van der Waals surface area (Å²) >= 11 is 9.07. The van der Waals surface area contributed by atoms with E-state index in [9.17, 15) is 4.79 Å². The van der Waals surface area contributed by atoms with E-state index in [1.165, 1.54) is 6.07 Å². The van der Waals surface area contributed by atoms with Crippen molar-refractivity contribution in [1.82, 2.24) is 0 Å². The smallest absolute Gasteiger partial charge is 0.231 e.